The van der Waals surface area contributed by atoms with E-state index in [1.165, 1.54) is 12.1 Å². The van der Waals surface area contributed by atoms with Gasteiger partial charge in [-0.2, -0.15) is 0 Å². The molecule has 0 aliphatic heterocycles. The number of hydrogen-bond acceptors (Lipinski definition) is 5. The van der Waals surface area contributed by atoms with Crippen LogP contribution in [0.2, 0.25) is 0 Å². The average Bonchev–Trinajstić information content (AvgIpc) is 2.91. The van der Waals surface area contributed by atoms with Gasteiger partial charge < -0.3 is 25.5 Å². The van der Waals surface area contributed by atoms with E-state index in [0.717, 1.165) is 5.69 Å². The van der Waals surface area contributed by atoms with Crippen LogP contribution in [0.25, 0.3) is 0 Å². The molecule has 1 aromatic carbocycles. The van der Waals surface area contributed by atoms with Gasteiger partial charge in [0.1, 0.15) is 0 Å². The number of carbonyl (C=O) groups is 1. The van der Waals surface area contributed by atoms with Crippen LogP contribution in [0.15, 0.2) is 30.7 Å². The monoisotopic (exact) mass is 290 g/mol. The van der Waals surface area contributed by atoms with Crippen molar-refractivity contribution in [2.24, 2.45) is 0 Å². The first-order chi connectivity index (χ1) is 10.1. The molecule has 2 aromatic rings. The number of imidazole rings is 1. The number of aromatic carboxylic acids is 1. The van der Waals surface area contributed by atoms with Crippen LogP contribution in [0.3, 0.4) is 0 Å². The van der Waals surface area contributed by atoms with Crippen LogP contribution in [0, 0.1) is 0 Å². The fourth-order valence-electron chi connectivity index (χ4n) is 1.91. The average molecular weight is 290 g/mol. The zero-order valence-electron chi connectivity index (χ0n) is 11.7. The summed E-state index contributed by atoms with van der Waals surface area (Å²) in [6.07, 6.45) is 3.48. The zero-order chi connectivity index (χ0) is 15.2. The molecule has 7 nitrogen and oxygen atoms in total. The van der Waals surface area contributed by atoms with Crippen molar-refractivity contribution in [3.63, 3.8) is 0 Å². The number of nitrogen functional groups attached to an aromatic ring is 1. The van der Waals surface area contributed by atoms with E-state index in [0.29, 0.717) is 31.1 Å². The number of aromatic nitrogens is 2. The predicted molar refractivity (Wildman–Crippen MR) is 79.2 cm³/mol. The van der Waals surface area contributed by atoms with Crippen molar-refractivity contribution < 1.29 is 14.6 Å². The van der Waals surface area contributed by atoms with Gasteiger partial charge in [-0.1, -0.05) is 0 Å². The molecule has 0 saturated carbocycles. The minimum Gasteiger partial charge on any atom is -0.478 e. The summed E-state index contributed by atoms with van der Waals surface area (Å²) in [5, 5.41) is 12.1. The Bertz CT molecular complexity index is 624. The van der Waals surface area contributed by atoms with E-state index in [4.69, 9.17) is 15.6 Å². The van der Waals surface area contributed by atoms with Crippen LogP contribution in [0.1, 0.15) is 16.1 Å². The molecule has 7 heteroatoms. The van der Waals surface area contributed by atoms with Crippen LogP contribution in [-0.4, -0.2) is 34.3 Å². The minimum absolute atomic E-state index is 0.194. The van der Waals surface area contributed by atoms with Crippen molar-refractivity contribution in [1.82, 2.24) is 9.55 Å². The summed E-state index contributed by atoms with van der Waals surface area (Å²) in [7, 11) is 1.65. The van der Waals surface area contributed by atoms with Gasteiger partial charge in [-0.25, -0.2) is 9.78 Å². The molecule has 0 aliphatic carbocycles. The molecule has 0 unspecified atom stereocenters. The summed E-state index contributed by atoms with van der Waals surface area (Å²) in [4.78, 5) is 15.1. The maximum absolute atomic E-state index is 11.0. The lowest BCUT2D eigenvalue weighted by Gasteiger charge is -2.12. The third kappa shape index (κ3) is 3.73. The Morgan fingerprint density at radius 2 is 2.33 bits per heavy atom. The van der Waals surface area contributed by atoms with Crippen LogP contribution in [-0.2, 0) is 17.8 Å². The molecule has 0 bridgehead atoms. The lowest BCUT2D eigenvalue weighted by Crippen LogP contribution is -2.11. The van der Waals surface area contributed by atoms with Gasteiger partial charge in [0.05, 0.1) is 42.1 Å². The highest BCUT2D eigenvalue weighted by Crippen LogP contribution is 2.20. The lowest BCUT2D eigenvalue weighted by atomic mass is 10.1. The second-order valence-corrected chi connectivity index (χ2v) is 4.53. The Hall–Kier alpha value is -2.54. The highest BCUT2D eigenvalue weighted by atomic mass is 16.5. The number of rotatable bonds is 7. The van der Waals surface area contributed by atoms with Gasteiger partial charge in [0, 0.05) is 19.9 Å². The number of anilines is 2. The van der Waals surface area contributed by atoms with Gasteiger partial charge in [0.25, 0.3) is 0 Å². The first-order valence-electron chi connectivity index (χ1n) is 6.46. The Morgan fingerprint density at radius 3 is 3.05 bits per heavy atom. The number of carboxylic acid groups (broad SMARTS) is 1. The molecule has 1 aromatic heterocycles. The highest BCUT2D eigenvalue weighted by Gasteiger charge is 2.08. The largest absolute Gasteiger partial charge is 0.478 e. The first kappa shape index (κ1) is 14.9. The Balaban J connectivity index is 2.08. The molecule has 0 radical (unpaired) electrons. The van der Waals surface area contributed by atoms with Crippen molar-refractivity contribution in [3.8, 4) is 0 Å². The Labute approximate surface area is 122 Å². The number of methoxy groups -OCH3 is 1. The van der Waals surface area contributed by atoms with Gasteiger partial charge in [-0.05, 0) is 18.2 Å². The third-order valence-corrected chi connectivity index (χ3v) is 3.10. The molecule has 4 N–H and O–H groups in total. The number of carboxylic acids is 1. The topological polar surface area (TPSA) is 102 Å². The standard InChI is InChI=1S/C14H18N4O3/c1-21-5-4-18-9-16-7-11(18)8-17-13-6-10(14(19)20)2-3-12(13)15/h2-3,6-7,9,17H,4-5,8,15H2,1H3,(H,19,20). The molecule has 2 rings (SSSR count). The molecule has 0 aliphatic rings. The second kappa shape index (κ2) is 6.76. The summed E-state index contributed by atoms with van der Waals surface area (Å²) >= 11 is 0. The predicted octanol–water partition coefficient (Wildman–Crippen LogP) is 1.42. The zero-order valence-corrected chi connectivity index (χ0v) is 11.7. The molecule has 21 heavy (non-hydrogen) atoms. The summed E-state index contributed by atoms with van der Waals surface area (Å²) < 4.78 is 7.01. The molecule has 0 atom stereocenters. The number of benzene rings is 1. The van der Waals surface area contributed by atoms with Crippen LogP contribution >= 0.6 is 0 Å². The van der Waals surface area contributed by atoms with Gasteiger partial charge >= 0.3 is 5.97 Å². The van der Waals surface area contributed by atoms with Crippen LogP contribution < -0.4 is 11.1 Å². The maximum Gasteiger partial charge on any atom is 0.335 e. The summed E-state index contributed by atoms with van der Waals surface area (Å²) in [5.41, 5.74) is 8.10. The molecule has 0 spiro atoms. The van der Waals surface area contributed by atoms with Crippen LogP contribution in [0.4, 0.5) is 11.4 Å². The van der Waals surface area contributed by atoms with Crippen molar-refractivity contribution >= 4 is 17.3 Å². The van der Waals surface area contributed by atoms with Gasteiger partial charge in [0.2, 0.25) is 0 Å². The Morgan fingerprint density at radius 1 is 1.52 bits per heavy atom. The Kier molecular flexibility index (Phi) is 4.78. The highest BCUT2D eigenvalue weighted by molar-refractivity contribution is 5.90. The quantitative estimate of drug-likeness (QED) is 0.666. The fraction of sp³-hybridized carbons (Fsp3) is 0.286. The van der Waals surface area contributed by atoms with E-state index in [-0.39, 0.29) is 5.56 Å². The SMILES string of the molecule is COCCn1cncc1CNc1cc(C(=O)O)ccc1N. The first-order valence-corrected chi connectivity index (χ1v) is 6.46. The van der Waals surface area contributed by atoms with Crippen molar-refractivity contribution in [2.45, 2.75) is 13.1 Å². The van der Waals surface area contributed by atoms with E-state index in [1.54, 1.807) is 25.7 Å². The van der Waals surface area contributed by atoms with Gasteiger partial charge in [-0.15, -0.1) is 0 Å². The molecular formula is C14H18N4O3. The van der Waals surface area contributed by atoms with E-state index in [9.17, 15) is 4.79 Å². The number of nitrogens with zero attached hydrogens (tertiary/aromatic N) is 2. The summed E-state index contributed by atoms with van der Waals surface area (Å²) in [6, 6.07) is 4.58. The van der Waals surface area contributed by atoms with Gasteiger partial charge in [0.15, 0.2) is 0 Å². The summed E-state index contributed by atoms with van der Waals surface area (Å²) in [5.74, 6) is -0.983. The van der Waals surface area contributed by atoms with E-state index < -0.39 is 5.97 Å². The third-order valence-electron chi connectivity index (χ3n) is 3.10. The number of hydrogen-bond donors (Lipinski definition) is 3. The molecule has 0 saturated heterocycles. The second-order valence-electron chi connectivity index (χ2n) is 4.53. The summed E-state index contributed by atoms with van der Waals surface area (Å²) in [6.45, 7) is 1.80. The van der Waals surface area contributed by atoms with E-state index >= 15 is 0 Å². The molecule has 0 fully saturated rings. The molecular weight excluding hydrogens is 272 g/mol. The number of nitrogens with one attached hydrogen (secondary N) is 1. The molecule has 1 heterocycles. The molecule has 112 valence electrons. The smallest absolute Gasteiger partial charge is 0.335 e. The van der Waals surface area contributed by atoms with Crippen molar-refractivity contribution in [1.29, 1.82) is 0 Å². The number of nitrogens with two attached hydrogens (primary N) is 1. The van der Waals surface area contributed by atoms with Gasteiger partial charge in [-0.3, -0.25) is 0 Å². The normalized spacial score (nSPS) is 10.5. The van der Waals surface area contributed by atoms with Crippen molar-refractivity contribution in [3.05, 3.63) is 42.0 Å². The van der Waals surface area contributed by atoms with E-state index in [1.807, 2.05) is 4.57 Å². The lowest BCUT2D eigenvalue weighted by molar-refractivity contribution is 0.0697. The van der Waals surface area contributed by atoms with Crippen molar-refractivity contribution in [2.75, 3.05) is 24.8 Å². The van der Waals surface area contributed by atoms with Crippen LogP contribution in [0.5, 0.6) is 0 Å². The minimum atomic E-state index is -0.983. The number of ether oxygens (including phenoxy) is 1. The van der Waals surface area contributed by atoms with E-state index in [2.05, 4.69) is 10.3 Å². The fourth-order valence-corrected chi connectivity index (χ4v) is 1.91. The maximum atomic E-state index is 11.0. The molecule has 0 amide bonds.